The van der Waals surface area contributed by atoms with Gasteiger partial charge in [-0.2, -0.15) is 0 Å². The number of hydrogen-bond acceptors (Lipinski definition) is 5. The molecule has 4 nitrogen and oxygen atoms in total. The molecule has 4 fully saturated rings. The molecule has 0 saturated heterocycles. The third-order valence-electron chi connectivity index (χ3n) is 11.3. The Morgan fingerprint density at radius 3 is 2.79 bits per heavy atom. The van der Waals surface area contributed by atoms with Crippen LogP contribution in [0.4, 0.5) is 0 Å². The second-order valence-corrected chi connectivity index (χ2v) is 14.4. The maximum atomic E-state index is 13.2. The Hall–Kier alpha value is -2.14. The van der Waals surface area contributed by atoms with Gasteiger partial charge in [0.2, 0.25) is 0 Å². The van der Waals surface area contributed by atoms with Gasteiger partial charge in [-0.25, -0.2) is 0 Å². The number of esters is 1. The summed E-state index contributed by atoms with van der Waals surface area (Å²) in [5.74, 6) is 1.10. The van der Waals surface area contributed by atoms with Crippen molar-refractivity contribution in [2.24, 2.45) is 38.7 Å². The van der Waals surface area contributed by atoms with Gasteiger partial charge in [0.05, 0.1) is 17.7 Å². The van der Waals surface area contributed by atoms with Crippen LogP contribution in [-0.4, -0.2) is 24.9 Å². The molecule has 204 valence electrons. The third-order valence-corrected chi connectivity index (χ3v) is 12.2. The number of nitrogens with zero attached hydrogens (tertiary/aromatic N) is 1. The number of carbonyl (C=O) groups is 1. The van der Waals surface area contributed by atoms with Gasteiger partial charge in [0.1, 0.15) is 6.61 Å². The summed E-state index contributed by atoms with van der Waals surface area (Å²) >= 11 is 1.78. The van der Waals surface area contributed by atoms with Gasteiger partial charge in [-0.05, 0) is 128 Å². The molecule has 4 aliphatic rings. The Bertz CT molecular complexity index is 1280. The fraction of sp³-hybridized carbons (Fsp3) is 0.636. The first kappa shape index (κ1) is 26.1. The van der Waals surface area contributed by atoms with Crippen molar-refractivity contribution in [2.75, 3.05) is 13.2 Å². The van der Waals surface area contributed by atoms with Crippen molar-refractivity contribution >= 4 is 39.2 Å². The van der Waals surface area contributed by atoms with E-state index in [1.54, 1.807) is 11.3 Å². The molecule has 1 aromatic carbocycles. The van der Waals surface area contributed by atoms with Gasteiger partial charge in [-0.3, -0.25) is 4.79 Å². The molecule has 2 aromatic rings. The van der Waals surface area contributed by atoms with E-state index in [9.17, 15) is 4.79 Å². The van der Waals surface area contributed by atoms with Gasteiger partial charge in [-0.1, -0.05) is 37.6 Å². The second-order valence-electron chi connectivity index (χ2n) is 13.4. The van der Waals surface area contributed by atoms with Gasteiger partial charge < -0.3 is 9.57 Å². The molecule has 4 saturated carbocycles. The van der Waals surface area contributed by atoms with E-state index < -0.39 is 0 Å². The van der Waals surface area contributed by atoms with Crippen LogP contribution in [0.1, 0.15) is 91.0 Å². The normalized spacial score (nSPS) is 39.3. The Morgan fingerprint density at radius 1 is 1.11 bits per heavy atom. The minimum Gasteiger partial charge on any atom is -0.466 e. The standard InChI is InChI=1S/C33H43NO3S/c1-5-36-29(35)32(4)15-7-14-31(3)26(32)12-17-33-21-28(30(2,22-33)16-11-27(31)33)34-37-18-6-8-23-9-10-25-24(20-23)13-19-38-25/h6,8-10,13,19-20,26-27H,5,7,11-12,14-18,21-22H2,1-4H3/b8-6+,34-28+/t26-,27-,30-,31+,32+,33-/m0/s1. The summed E-state index contributed by atoms with van der Waals surface area (Å²) in [7, 11) is 0. The van der Waals surface area contributed by atoms with Gasteiger partial charge in [0.25, 0.3) is 0 Å². The first-order chi connectivity index (χ1) is 18.2. The van der Waals surface area contributed by atoms with Crippen LogP contribution in [0, 0.1) is 33.5 Å². The molecule has 2 bridgehead atoms. The van der Waals surface area contributed by atoms with Crippen molar-refractivity contribution in [2.45, 2.75) is 85.5 Å². The summed E-state index contributed by atoms with van der Waals surface area (Å²) < 4.78 is 6.96. The maximum absolute atomic E-state index is 13.2. The Balaban J connectivity index is 1.16. The number of hydrogen-bond donors (Lipinski definition) is 0. The first-order valence-electron chi connectivity index (χ1n) is 14.7. The summed E-state index contributed by atoms with van der Waals surface area (Å²) in [4.78, 5) is 19.1. The van der Waals surface area contributed by atoms with Crippen molar-refractivity contribution in [3.63, 3.8) is 0 Å². The van der Waals surface area contributed by atoms with E-state index >= 15 is 0 Å². The number of rotatable bonds is 6. The number of oxime groups is 1. The van der Waals surface area contributed by atoms with E-state index in [0.29, 0.717) is 30.5 Å². The third kappa shape index (κ3) is 4.06. The topological polar surface area (TPSA) is 47.9 Å². The minimum absolute atomic E-state index is 0.0397. The van der Waals surface area contributed by atoms with Crippen molar-refractivity contribution in [3.8, 4) is 0 Å². The lowest BCUT2D eigenvalue weighted by Crippen LogP contribution is -2.58. The van der Waals surface area contributed by atoms with E-state index in [1.807, 2.05) is 6.92 Å². The van der Waals surface area contributed by atoms with Gasteiger partial charge in [-0.15, -0.1) is 11.3 Å². The van der Waals surface area contributed by atoms with Crippen LogP contribution in [-0.2, 0) is 14.4 Å². The van der Waals surface area contributed by atoms with Crippen LogP contribution in [0.15, 0.2) is 40.9 Å². The van der Waals surface area contributed by atoms with Crippen molar-refractivity contribution in [3.05, 3.63) is 41.3 Å². The first-order valence-corrected chi connectivity index (χ1v) is 15.6. The zero-order valence-electron chi connectivity index (χ0n) is 23.6. The quantitative estimate of drug-likeness (QED) is 0.212. The van der Waals surface area contributed by atoms with Crippen molar-refractivity contribution in [1.29, 1.82) is 0 Å². The van der Waals surface area contributed by atoms with E-state index in [2.05, 4.69) is 62.6 Å². The van der Waals surface area contributed by atoms with E-state index in [4.69, 9.17) is 14.7 Å². The number of fused-ring (bicyclic) bond motifs is 4. The molecule has 5 heteroatoms. The highest BCUT2D eigenvalue weighted by molar-refractivity contribution is 7.17. The number of ether oxygens (including phenoxy) is 1. The van der Waals surface area contributed by atoms with E-state index in [1.165, 1.54) is 53.5 Å². The average molecular weight is 534 g/mol. The summed E-state index contributed by atoms with van der Waals surface area (Å²) in [6.45, 7) is 10.1. The lowest BCUT2D eigenvalue weighted by Gasteiger charge is -2.64. The molecule has 6 rings (SSSR count). The van der Waals surface area contributed by atoms with Crippen LogP contribution in [0.3, 0.4) is 0 Å². The van der Waals surface area contributed by atoms with Crippen LogP contribution in [0.25, 0.3) is 16.2 Å². The molecule has 1 aromatic heterocycles. The van der Waals surface area contributed by atoms with Crippen LogP contribution < -0.4 is 0 Å². The summed E-state index contributed by atoms with van der Waals surface area (Å²) in [5, 5.41) is 8.23. The largest absolute Gasteiger partial charge is 0.466 e. The molecule has 38 heavy (non-hydrogen) atoms. The maximum Gasteiger partial charge on any atom is 0.312 e. The number of carbonyl (C=O) groups excluding carboxylic acids is 1. The lowest BCUT2D eigenvalue weighted by molar-refractivity contribution is -0.187. The minimum atomic E-state index is -0.343. The summed E-state index contributed by atoms with van der Waals surface area (Å²) in [6.07, 6.45) is 14.6. The van der Waals surface area contributed by atoms with Gasteiger partial charge in [0, 0.05) is 10.1 Å². The molecule has 0 amide bonds. The molecular weight excluding hydrogens is 490 g/mol. The molecule has 0 N–H and O–H groups in total. The van der Waals surface area contributed by atoms with Crippen molar-refractivity contribution in [1.82, 2.24) is 0 Å². The summed E-state index contributed by atoms with van der Waals surface area (Å²) in [6, 6.07) is 8.75. The smallest absolute Gasteiger partial charge is 0.312 e. The fourth-order valence-electron chi connectivity index (χ4n) is 9.64. The van der Waals surface area contributed by atoms with Crippen LogP contribution in [0.5, 0.6) is 0 Å². The molecular formula is C33H43NO3S. The van der Waals surface area contributed by atoms with Gasteiger partial charge >= 0.3 is 5.97 Å². The molecule has 1 heterocycles. The highest BCUT2D eigenvalue weighted by Gasteiger charge is 2.67. The molecule has 1 spiro atoms. The van der Waals surface area contributed by atoms with Crippen LogP contribution >= 0.6 is 11.3 Å². The monoisotopic (exact) mass is 533 g/mol. The van der Waals surface area contributed by atoms with Crippen molar-refractivity contribution < 1.29 is 14.4 Å². The summed E-state index contributed by atoms with van der Waals surface area (Å²) in [5.41, 5.74) is 2.78. The molecule has 0 radical (unpaired) electrons. The average Bonchev–Trinajstić information content (AvgIpc) is 3.43. The van der Waals surface area contributed by atoms with Crippen LogP contribution in [0.2, 0.25) is 0 Å². The molecule has 6 atom stereocenters. The number of benzene rings is 1. The Labute approximate surface area is 231 Å². The lowest BCUT2D eigenvalue weighted by atomic mass is 9.40. The van der Waals surface area contributed by atoms with Gasteiger partial charge in [0.15, 0.2) is 0 Å². The van der Waals surface area contributed by atoms with E-state index in [0.717, 1.165) is 25.7 Å². The Morgan fingerprint density at radius 2 is 1.95 bits per heavy atom. The molecule has 0 aliphatic heterocycles. The SMILES string of the molecule is CCOC(=O)[C@]1(C)CCC[C@@]2(C)[C@@H]3CC[C@@]4(C)C[C@]3(CC[C@@H]21)C/C4=N\OC/C=C/c1ccc2sccc2c1. The predicted octanol–water partition coefficient (Wildman–Crippen LogP) is 8.65. The highest BCUT2D eigenvalue weighted by Crippen LogP contribution is 2.73. The number of thiophene rings is 1. The zero-order chi connectivity index (χ0) is 26.6. The zero-order valence-corrected chi connectivity index (χ0v) is 24.4. The second kappa shape index (κ2) is 9.50. The molecule has 4 aliphatic carbocycles. The van der Waals surface area contributed by atoms with E-state index in [-0.39, 0.29) is 22.2 Å². The highest BCUT2D eigenvalue weighted by atomic mass is 32.1. The predicted molar refractivity (Wildman–Crippen MR) is 156 cm³/mol. The Kier molecular flexibility index (Phi) is 6.53. The fourth-order valence-corrected chi connectivity index (χ4v) is 10.4. The molecule has 0 unspecified atom stereocenters.